The SMILES string of the molecule is CCCCC[C@H]1CC[C@@H]2C[C@H](c3ccc(OCCC)cc3)CC[C@H]2C1. The summed E-state index contributed by atoms with van der Waals surface area (Å²) in [7, 11) is 0. The van der Waals surface area contributed by atoms with Crippen LogP contribution < -0.4 is 4.74 Å². The second-order valence-corrected chi connectivity index (χ2v) is 8.62. The second-order valence-electron chi connectivity index (χ2n) is 8.62. The van der Waals surface area contributed by atoms with Crippen molar-refractivity contribution in [3.8, 4) is 5.75 Å². The third-order valence-electron chi connectivity index (χ3n) is 6.76. The van der Waals surface area contributed by atoms with E-state index < -0.39 is 0 Å². The first-order valence-electron chi connectivity index (χ1n) is 11.0. The van der Waals surface area contributed by atoms with E-state index >= 15 is 0 Å². The van der Waals surface area contributed by atoms with Gasteiger partial charge in [-0.05, 0) is 79.9 Å². The zero-order valence-electron chi connectivity index (χ0n) is 16.5. The molecule has 0 N–H and O–H groups in total. The maximum Gasteiger partial charge on any atom is 0.119 e. The van der Waals surface area contributed by atoms with Gasteiger partial charge in [-0.3, -0.25) is 0 Å². The number of hydrogen-bond donors (Lipinski definition) is 0. The zero-order chi connectivity index (χ0) is 17.5. The average Bonchev–Trinajstić information content (AvgIpc) is 2.66. The summed E-state index contributed by atoms with van der Waals surface area (Å²) >= 11 is 0. The van der Waals surface area contributed by atoms with Crippen LogP contribution in [0, 0.1) is 17.8 Å². The van der Waals surface area contributed by atoms with Crippen LogP contribution in [0.2, 0.25) is 0 Å². The summed E-state index contributed by atoms with van der Waals surface area (Å²) in [6.45, 7) is 5.30. The Bertz CT molecular complexity index is 491. The Morgan fingerprint density at radius 1 is 0.840 bits per heavy atom. The molecule has 1 nitrogen and oxygen atoms in total. The normalized spacial score (nSPS) is 29.2. The highest BCUT2D eigenvalue weighted by atomic mass is 16.5. The van der Waals surface area contributed by atoms with Gasteiger partial charge in [-0.1, -0.05) is 58.1 Å². The Morgan fingerprint density at radius 2 is 1.60 bits per heavy atom. The molecule has 1 aromatic rings. The van der Waals surface area contributed by atoms with Crippen molar-refractivity contribution < 1.29 is 4.74 Å². The zero-order valence-corrected chi connectivity index (χ0v) is 16.5. The third-order valence-corrected chi connectivity index (χ3v) is 6.76. The van der Waals surface area contributed by atoms with Gasteiger partial charge in [0, 0.05) is 0 Å². The maximum atomic E-state index is 5.74. The lowest BCUT2D eigenvalue weighted by Gasteiger charge is -2.42. The number of unbranched alkanes of at least 4 members (excludes halogenated alkanes) is 2. The van der Waals surface area contributed by atoms with Crippen LogP contribution in [0.4, 0.5) is 0 Å². The van der Waals surface area contributed by atoms with Gasteiger partial charge < -0.3 is 4.74 Å². The van der Waals surface area contributed by atoms with Crippen LogP contribution in [0.25, 0.3) is 0 Å². The van der Waals surface area contributed by atoms with Crippen molar-refractivity contribution >= 4 is 0 Å². The summed E-state index contributed by atoms with van der Waals surface area (Å²) in [5, 5.41) is 0. The Labute approximate surface area is 155 Å². The van der Waals surface area contributed by atoms with Crippen LogP contribution in [-0.2, 0) is 0 Å². The average molecular weight is 343 g/mol. The smallest absolute Gasteiger partial charge is 0.119 e. The van der Waals surface area contributed by atoms with Crippen molar-refractivity contribution in [2.75, 3.05) is 6.61 Å². The Kier molecular flexibility index (Phi) is 7.25. The van der Waals surface area contributed by atoms with Crippen molar-refractivity contribution in [3.05, 3.63) is 29.8 Å². The van der Waals surface area contributed by atoms with Crippen LogP contribution in [0.1, 0.15) is 96.0 Å². The van der Waals surface area contributed by atoms with Crippen molar-refractivity contribution in [1.29, 1.82) is 0 Å². The van der Waals surface area contributed by atoms with E-state index in [1.807, 2.05) is 0 Å². The Balaban J connectivity index is 1.49. The molecule has 0 heterocycles. The molecule has 0 aromatic heterocycles. The lowest BCUT2D eigenvalue weighted by Crippen LogP contribution is -2.30. The predicted octanol–water partition coefficient (Wildman–Crippen LogP) is 7.36. The summed E-state index contributed by atoms with van der Waals surface area (Å²) in [5.41, 5.74) is 1.55. The first-order chi connectivity index (χ1) is 12.3. The monoisotopic (exact) mass is 342 g/mol. The molecule has 0 radical (unpaired) electrons. The lowest BCUT2D eigenvalue weighted by molar-refractivity contribution is 0.113. The fourth-order valence-electron chi connectivity index (χ4n) is 5.29. The molecule has 2 aliphatic rings. The van der Waals surface area contributed by atoms with Gasteiger partial charge in [-0.2, -0.15) is 0 Å². The molecule has 140 valence electrons. The van der Waals surface area contributed by atoms with Crippen LogP contribution in [0.3, 0.4) is 0 Å². The molecule has 4 atom stereocenters. The summed E-state index contributed by atoms with van der Waals surface area (Å²) in [5.74, 6) is 4.89. The van der Waals surface area contributed by atoms with E-state index in [0.717, 1.165) is 42.4 Å². The summed E-state index contributed by atoms with van der Waals surface area (Å²) < 4.78 is 5.74. The van der Waals surface area contributed by atoms with Crippen molar-refractivity contribution in [2.45, 2.75) is 90.4 Å². The van der Waals surface area contributed by atoms with Crippen LogP contribution in [0.5, 0.6) is 5.75 Å². The largest absolute Gasteiger partial charge is 0.494 e. The molecule has 3 rings (SSSR count). The highest BCUT2D eigenvalue weighted by molar-refractivity contribution is 5.29. The van der Waals surface area contributed by atoms with Crippen LogP contribution in [0.15, 0.2) is 24.3 Å². The van der Waals surface area contributed by atoms with Gasteiger partial charge in [0.1, 0.15) is 5.75 Å². The van der Waals surface area contributed by atoms with Crippen LogP contribution >= 0.6 is 0 Å². The quantitative estimate of drug-likeness (QED) is 0.448. The molecule has 1 heteroatoms. The molecular formula is C24H38O. The molecule has 0 amide bonds. The molecule has 0 aliphatic heterocycles. The molecule has 2 aliphatic carbocycles. The predicted molar refractivity (Wildman–Crippen MR) is 107 cm³/mol. The number of rotatable bonds is 8. The van der Waals surface area contributed by atoms with Gasteiger partial charge >= 0.3 is 0 Å². The second kappa shape index (κ2) is 9.64. The molecule has 0 bridgehead atoms. The molecule has 25 heavy (non-hydrogen) atoms. The van der Waals surface area contributed by atoms with E-state index in [1.165, 1.54) is 64.2 Å². The van der Waals surface area contributed by atoms with Crippen LogP contribution in [-0.4, -0.2) is 6.61 Å². The number of fused-ring (bicyclic) bond motifs is 1. The Morgan fingerprint density at radius 3 is 2.36 bits per heavy atom. The molecule has 0 saturated heterocycles. The van der Waals surface area contributed by atoms with Crippen molar-refractivity contribution in [2.24, 2.45) is 17.8 Å². The summed E-state index contributed by atoms with van der Waals surface area (Å²) in [6.07, 6.45) is 15.7. The summed E-state index contributed by atoms with van der Waals surface area (Å²) in [6, 6.07) is 9.02. The van der Waals surface area contributed by atoms with Gasteiger partial charge in [0.15, 0.2) is 0 Å². The fourth-order valence-corrected chi connectivity index (χ4v) is 5.29. The van der Waals surface area contributed by atoms with Gasteiger partial charge in [0.25, 0.3) is 0 Å². The van der Waals surface area contributed by atoms with E-state index in [2.05, 4.69) is 38.1 Å². The number of ether oxygens (including phenoxy) is 1. The minimum absolute atomic E-state index is 0.790. The van der Waals surface area contributed by atoms with Crippen molar-refractivity contribution in [1.82, 2.24) is 0 Å². The first kappa shape index (κ1) is 18.8. The standard InChI is InChI=1S/C24H38O/c1-3-5-6-7-19-8-9-23-18-22(11-10-21(23)17-19)20-12-14-24(15-13-20)25-16-4-2/h12-15,19,21-23H,3-11,16-18H2,1-2H3/t19-,21-,22+,23+/m0/s1. The maximum absolute atomic E-state index is 5.74. The number of hydrogen-bond acceptors (Lipinski definition) is 1. The van der Waals surface area contributed by atoms with Gasteiger partial charge in [-0.15, -0.1) is 0 Å². The minimum atomic E-state index is 0.790. The van der Waals surface area contributed by atoms with E-state index in [1.54, 1.807) is 5.56 Å². The Hall–Kier alpha value is -0.980. The van der Waals surface area contributed by atoms with Gasteiger partial charge in [0.05, 0.1) is 6.61 Å². The van der Waals surface area contributed by atoms with E-state index in [4.69, 9.17) is 4.74 Å². The summed E-state index contributed by atoms with van der Waals surface area (Å²) in [4.78, 5) is 0. The number of benzene rings is 1. The minimum Gasteiger partial charge on any atom is -0.494 e. The van der Waals surface area contributed by atoms with Gasteiger partial charge in [-0.25, -0.2) is 0 Å². The van der Waals surface area contributed by atoms with E-state index in [0.29, 0.717) is 0 Å². The highest BCUT2D eigenvalue weighted by Crippen LogP contribution is 2.48. The topological polar surface area (TPSA) is 9.23 Å². The molecule has 2 fully saturated rings. The van der Waals surface area contributed by atoms with E-state index in [-0.39, 0.29) is 0 Å². The molecule has 0 unspecified atom stereocenters. The van der Waals surface area contributed by atoms with Gasteiger partial charge in [0.2, 0.25) is 0 Å². The first-order valence-corrected chi connectivity index (χ1v) is 11.0. The lowest BCUT2D eigenvalue weighted by atomic mass is 9.63. The van der Waals surface area contributed by atoms with E-state index in [9.17, 15) is 0 Å². The molecular weight excluding hydrogens is 304 g/mol. The molecule has 2 saturated carbocycles. The molecule has 1 aromatic carbocycles. The third kappa shape index (κ3) is 5.25. The highest BCUT2D eigenvalue weighted by Gasteiger charge is 2.35. The fraction of sp³-hybridized carbons (Fsp3) is 0.750. The molecule has 0 spiro atoms. The van der Waals surface area contributed by atoms with Crippen molar-refractivity contribution in [3.63, 3.8) is 0 Å².